The highest BCUT2D eigenvalue weighted by Crippen LogP contribution is 2.11. The molecule has 1 N–H and O–H groups in total. The molecule has 1 aromatic rings. The van der Waals surface area contributed by atoms with Crippen molar-refractivity contribution >= 4 is 17.3 Å². The molecular formula is C7H10ClN. The smallest absolute Gasteiger partial charge is 0.0407 e. The molecule has 0 atom stereocenters. The van der Waals surface area contributed by atoms with Gasteiger partial charge in [-0.3, -0.25) is 0 Å². The molecule has 0 aliphatic carbocycles. The average Bonchev–Trinajstić information content (AvgIpc) is 1.90. The number of hydrogen-bond acceptors (Lipinski definition) is 1. The van der Waals surface area contributed by atoms with Crippen LogP contribution in [0.5, 0.6) is 0 Å². The van der Waals surface area contributed by atoms with Gasteiger partial charge in [0.1, 0.15) is 0 Å². The lowest BCUT2D eigenvalue weighted by atomic mass is 10.3. The van der Waals surface area contributed by atoms with Gasteiger partial charge in [0, 0.05) is 19.2 Å². The Balaban J connectivity index is 0.000000810. The number of nitrogens with one attached hydrogen (secondary N) is 1. The highest BCUT2D eigenvalue weighted by Gasteiger charge is 1.85. The summed E-state index contributed by atoms with van der Waals surface area (Å²) in [6.45, 7) is 0. The average molecular weight is 144 g/mol. The highest BCUT2D eigenvalue weighted by molar-refractivity contribution is 6.30. The molecule has 0 heterocycles. The first kappa shape index (κ1) is 6.43. The zero-order valence-electron chi connectivity index (χ0n) is 5.19. The van der Waals surface area contributed by atoms with E-state index in [1.54, 1.807) is 0 Å². The molecule has 0 spiro atoms. The van der Waals surface area contributed by atoms with Crippen molar-refractivity contribution in [2.75, 3.05) is 12.4 Å². The van der Waals surface area contributed by atoms with Crippen molar-refractivity contribution in [2.24, 2.45) is 0 Å². The molecule has 0 bridgehead atoms. The number of hydrogen-bond donors (Lipinski definition) is 1. The van der Waals surface area contributed by atoms with Crippen molar-refractivity contribution in [1.82, 2.24) is 0 Å². The van der Waals surface area contributed by atoms with Crippen LogP contribution in [0.1, 0.15) is 1.43 Å². The summed E-state index contributed by atoms with van der Waals surface area (Å²) in [6, 6.07) is 7.57. The first-order valence-electron chi connectivity index (χ1n) is 2.76. The van der Waals surface area contributed by atoms with E-state index in [-0.39, 0.29) is 1.43 Å². The van der Waals surface area contributed by atoms with Crippen molar-refractivity contribution in [3.8, 4) is 0 Å². The van der Waals surface area contributed by atoms with Gasteiger partial charge >= 0.3 is 0 Å². The van der Waals surface area contributed by atoms with Crippen LogP contribution >= 0.6 is 11.6 Å². The highest BCUT2D eigenvalue weighted by atomic mass is 35.5. The van der Waals surface area contributed by atoms with Crippen molar-refractivity contribution < 1.29 is 1.43 Å². The lowest BCUT2D eigenvalue weighted by Crippen LogP contribution is -1.84. The van der Waals surface area contributed by atoms with Gasteiger partial charge in [-0.2, -0.15) is 0 Å². The number of halogens is 1. The van der Waals surface area contributed by atoms with Gasteiger partial charge in [-0.15, -0.1) is 0 Å². The van der Waals surface area contributed by atoms with Gasteiger partial charge in [0.15, 0.2) is 0 Å². The van der Waals surface area contributed by atoms with Gasteiger partial charge in [0.2, 0.25) is 0 Å². The second kappa shape index (κ2) is 2.74. The number of anilines is 1. The van der Waals surface area contributed by atoms with E-state index in [9.17, 15) is 0 Å². The van der Waals surface area contributed by atoms with E-state index in [1.165, 1.54) is 0 Å². The molecule has 0 saturated carbocycles. The Morgan fingerprint density at radius 3 is 2.33 bits per heavy atom. The third kappa shape index (κ3) is 1.61. The SMILES string of the molecule is CNc1ccc(Cl)cc1.[HH]. The van der Waals surface area contributed by atoms with Crippen LogP contribution < -0.4 is 5.32 Å². The number of benzene rings is 1. The normalized spacial score (nSPS) is 9.11. The Kier molecular flexibility index (Phi) is 1.96. The minimum atomic E-state index is 0. The standard InChI is InChI=1S/C7H8ClN.H2/c1-9-7-4-2-6(8)3-5-7;/h2-5,9H,1H3;1H. The maximum Gasteiger partial charge on any atom is 0.0407 e. The summed E-state index contributed by atoms with van der Waals surface area (Å²) in [5, 5.41) is 3.77. The van der Waals surface area contributed by atoms with Crippen molar-refractivity contribution in [1.29, 1.82) is 0 Å². The van der Waals surface area contributed by atoms with E-state index >= 15 is 0 Å². The van der Waals surface area contributed by atoms with E-state index in [0.29, 0.717) is 0 Å². The Hall–Kier alpha value is -0.690. The minimum Gasteiger partial charge on any atom is -0.388 e. The first-order chi connectivity index (χ1) is 4.33. The van der Waals surface area contributed by atoms with Crippen LogP contribution in [-0.2, 0) is 0 Å². The zero-order chi connectivity index (χ0) is 6.69. The van der Waals surface area contributed by atoms with Crippen LogP contribution in [0.4, 0.5) is 5.69 Å². The largest absolute Gasteiger partial charge is 0.388 e. The summed E-state index contributed by atoms with van der Waals surface area (Å²) in [5.74, 6) is 0. The van der Waals surface area contributed by atoms with Gasteiger partial charge in [-0.25, -0.2) is 0 Å². The summed E-state index contributed by atoms with van der Waals surface area (Å²) in [7, 11) is 1.88. The molecule has 9 heavy (non-hydrogen) atoms. The Morgan fingerprint density at radius 1 is 1.33 bits per heavy atom. The Morgan fingerprint density at radius 2 is 1.89 bits per heavy atom. The fourth-order valence-electron chi connectivity index (χ4n) is 0.617. The molecule has 0 saturated heterocycles. The van der Waals surface area contributed by atoms with Crippen LogP contribution in [-0.4, -0.2) is 7.05 Å². The third-order valence-electron chi connectivity index (χ3n) is 1.13. The van der Waals surface area contributed by atoms with Crippen LogP contribution in [0.3, 0.4) is 0 Å². The molecule has 0 unspecified atom stereocenters. The van der Waals surface area contributed by atoms with Crippen molar-refractivity contribution in [2.45, 2.75) is 0 Å². The predicted molar refractivity (Wildman–Crippen MR) is 43.1 cm³/mol. The van der Waals surface area contributed by atoms with Crippen LogP contribution in [0.25, 0.3) is 0 Å². The van der Waals surface area contributed by atoms with Crippen LogP contribution in [0.15, 0.2) is 24.3 Å². The van der Waals surface area contributed by atoms with Gasteiger partial charge in [0.25, 0.3) is 0 Å². The molecule has 0 fully saturated rings. The van der Waals surface area contributed by atoms with E-state index in [1.807, 2.05) is 31.3 Å². The predicted octanol–water partition coefficient (Wildman–Crippen LogP) is 2.63. The van der Waals surface area contributed by atoms with Gasteiger partial charge in [0.05, 0.1) is 0 Å². The van der Waals surface area contributed by atoms with Crippen molar-refractivity contribution in [3.63, 3.8) is 0 Å². The Labute approximate surface area is 61.1 Å². The molecule has 0 aliphatic rings. The molecule has 1 aromatic carbocycles. The van der Waals surface area contributed by atoms with E-state index in [0.717, 1.165) is 10.7 Å². The maximum absolute atomic E-state index is 5.64. The van der Waals surface area contributed by atoms with E-state index in [4.69, 9.17) is 11.6 Å². The lowest BCUT2D eigenvalue weighted by molar-refractivity contribution is 1.51. The molecule has 0 aromatic heterocycles. The summed E-state index contributed by atoms with van der Waals surface area (Å²) in [6.07, 6.45) is 0. The quantitative estimate of drug-likeness (QED) is 0.638. The maximum atomic E-state index is 5.64. The van der Waals surface area contributed by atoms with Crippen molar-refractivity contribution in [3.05, 3.63) is 29.3 Å². The van der Waals surface area contributed by atoms with Gasteiger partial charge in [-0.05, 0) is 24.3 Å². The Bertz CT molecular complexity index is 185. The monoisotopic (exact) mass is 143 g/mol. The molecule has 0 amide bonds. The fraction of sp³-hybridized carbons (Fsp3) is 0.143. The van der Waals surface area contributed by atoms with Gasteiger partial charge in [-0.1, -0.05) is 11.6 Å². The summed E-state index contributed by atoms with van der Waals surface area (Å²) in [5.41, 5.74) is 1.08. The number of rotatable bonds is 1. The van der Waals surface area contributed by atoms with Crippen LogP contribution in [0.2, 0.25) is 5.02 Å². The summed E-state index contributed by atoms with van der Waals surface area (Å²) in [4.78, 5) is 0. The molecule has 1 rings (SSSR count). The topological polar surface area (TPSA) is 12.0 Å². The second-order valence-corrected chi connectivity index (χ2v) is 2.19. The zero-order valence-corrected chi connectivity index (χ0v) is 5.94. The van der Waals surface area contributed by atoms with E-state index in [2.05, 4.69) is 5.32 Å². The minimum absolute atomic E-state index is 0. The fourth-order valence-corrected chi connectivity index (χ4v) is 0.743. The van der Waals surface area contributed by atoms with Gasteiger partial charge < -0.3 is 5.32 Å². The molecule has 0 radical (unpaired) electrons. The lowest BCUT2D eigenvalue weighted by Gasteiger charge is -1.96. The first-order valence-corrected chi connectivity index (χ1v) is 3.14. The molecule has 1 nitrogen and oxygen atoms in total. The van der Waals surface area contributed by atoms with Crippen LogP contribution in [0, 0.1) is 0 Å². The summed E-state index contributed by atoms with van der Waals surface area (Å²) < 4.78 is 0. The molecular weight excluding hydrogens is 134 g/mol. The second-order valence-electron chi connectivity index (χ2n) is 1.76. The molecule has 2 heteroatoms. The molecule has 0 aliphatic heterocycles. The molecule has 50 valence electrons. The van der Waals surface area contributed by atoms with E-state index < -0.39 is 0 Å². The summed E-state index contributed by atoms with van der Waals surface area (Å²) >= 11 is 5.64. The third-order valence-corrected chi connectivity index (χ3v) is 1.38.